The fourth-order valence-corrected chi connectivity index (χ4v) is 3.66. The molecule has 2 aromatic carbocycles. The molecule has 0 amide bonds. The van der Waals surface area contributed by atoms with Crippen LogP contribution in [-0.2, 0) is 0 Å². The lowest BCUT2D eigenvalue weighted by Gasteiger charge is -2.14. The first kappa shape index (κ1) is 17.5. The van der Waals surface area contributed by atoms with E-state index >= 15 is 0 Å². The van der Waals surface area contributed by atoms with E-state index in [-0.39, 0.29) is 0 Å². The Morgan fingerprint density at radius 2 is 2.07 bits per heavy atom. The third-order valence-corrected chi connectivity index (χ3v) is 5.07. The number of anilines is 1. The third kappa shape index (κ3) is 4.28. The molecule has 5 nitrogen and oxygen atoms in total. The Labute approximate surface area is 163 Å². The highest BCUT2D eigenvalue weighted by molar-refractivity contribution is 7.14. The molecule has 0 spiro atoms. The lowest BCUT2D eigenvalue weighted by Crippen LogP contribution is -2.35. The van der Waals surface area contributed by atoms with Gasteiger partial charge in [-0.2, -0.15) is 0 Å². The highest BCUT2D eigenvalue weighted by atomic mass is 32.1. The summed E-state index contributed by atoms with van der Waals surface area (Å²) in [5.74, 6) is 2.48. The quantitative estimate of drug-likeness (QED) is 0.672. The lowest BCUT2D eigenvalue weighted by atomic mass is 10.1. The number of nitrogens with zero attached hydrogens (tertiary/aromatic N) is 2. The van der Waals surface area contributed by atoms with Crippen molar-refractivity contribution in [3.63, 3.8) is 0 Å². The van der Waals surface area contributed by atoms with Gasteiger partial charge in [0.05, 0.1) is 5.69 Å². The molecule has 0 atom stereocenters. The number of aliphatic imine (C=N–C) groups is 1. The van der Waals surface area contributed by atoms with Gasteiger partial charge in [-0.05, 0) is 44.0 Å². The number of hydrogen-bond donors (Lipinski definition) is 2. The lowest BCUT2D eigenvalue weighted by molar-refractivity contribution is 0.479. The zero-order chi connectivity index (χ0) is 18.6. The molecule has 0 bridgehead atoms. The van der Waals surface area contributed by atoms with E-state index in [1.807, 2.05) is 35.7 Å². The Kier molecular flexibility index (Phi) is 5.07. The molecule has 0 radical (unpaired) electrons. The average molecular weight is 379 g/mol. The predicted molar refractivity (Wildman–Crippen MR) is 112 cm³/mol. The van der Waals surface area contributed by atoms with Gasteiger partial charge in [0.15, 0.2) is 11.1 Å². The minimum absolute atomic E-state index is 0.800. The first-order chi connectivity index (χ1) is 13.2. The van der Waals surface area contributed by atoms with Crippen LogP contribution in [0.1, 0.15) is 17.5 Å². The predicted octanol–water partition coefficient (Wildman–Crippen LogP) is 4.98. The normalized spacial score (nSPS) is 13.6. The van der Waals surface area contributed by atoms with Crippen LogP contribution in [0.25, 0.3) is 11.3 Å². The van der Waals surface area contributed by atoms with Crippen molar-refractivity contribution in [2.75, 3.05) is 18.4 Å². The maximum absolute atomic E-state index is 6.09. The van der Waals surface area contributed by atoms with E-state index < -0.39 is 0 Å². The standard InChI is InChI=1S/C21H22N4OS/c1-14-7-8-19(15(2)11-14)26-17-6-3-5-16(12-17)18-13-27-21(24-18)25-20-22-9-4-10-23-20/h3,5-8,11-13H,4,9-10H2,1-2H3,(H2,22,23,24,25). The summed E-state index contributed by atoms with van der Waals surface area (Å²) >= 11 is 1.57. The van der Waals surface area contributed by atoms with Crippen LogP contribution >= 0.6 is 11.3 Å². The van der Waals surface area contributed by atoms with Crippen molar-refractivity contribution in [2.45, 2.75) is 20.3 Å². The van der Waals surface area contributed by atoms with E-state index in [1.165, 1.54) is 5.56 Å². The number of guanidine groups is 1. The molecule has 1 aromatic heterocycles. The summed E-state index contributed by atoms with van der Waals surface area (Å²) < 4.78 is 6.09. The number of rotatable bonds is 4. The second kappa shape index (κ2) is 7.80. The van der Waals surface area contributed by atoms with Gasteiger partial charge in [0.25, 0.3) is 0 Å². The molecule has 2 N–H and O–H groups in total. The highest BCUT2D eigenvalue weighted by Crippen LogP contribution is 2.31. The first-order valence-corrected chi connectivity index (χ1v) is 9.92. The molecular weight excluding hydrogens is 356 g/mol. The molecule has 3 aromatic rings. The number of ether oxygens (including phenoxy) is 1. The molecule has 27 heavy (non-hydrogen) atoms. The Balaban J connectivity index is 1.51. The van der Waals surface area contributed by atoms with Gasteiger partial charge in [-0.25, -0.2) is 4.98 Å². The summed E-state index contributed by atoms with van der Waals surface area (Å²) in [6, 6.07) is 14.2. The average Bonchev–Trinajstić information content (AvgIpc) is 3.14. The van der Waals surface area contributed by atoms with Crippen molar-refractivity contribution in [2.24, 2.45) is 4.99 Å². The first-order valence-electron chi connectivity index (χ1n) is 9.04. The van der Waals surface area contributed by atoms with Gasteiger partial charge >= 0.3 is 0 Å². The molecule has 0 saturated heterocycles. The summed E-state index contributed by atoms with van der Waals surface area (Å²) in [5, 5.41) is 9.38. The number of nitrogens with one attached hydrogen (secondary N) is 2. The molecule has 0 unspecified atom stereocenters. The van der Waals surface area contributed by atoms with E-state index in [1.54, 1.807) is 11.3 Å². The summed E-state index contributed by atoms with van der Waals surface area (Å²) in [6.07, 6.45) is 1.07. The fraction of sp³-hybridized carbons (Fsp3) is 0.238. The van der Waals surface area contributed by atoms with Crippen molar-refractivity contribution in [3.8, 4) is 22.8 Å². The Bertz CT molecular complexity index is 980. The van der Waals surface area contributed by atoms with Crippen LogP contribution in [0, 0.1) is 13.8 Å². The number of thiazole rings is 1. The Morgan fingerprint density at radius 1 is 1.15 bits per heavy atom. The molecular formula is C21H22N4OS. The van der Waals surface area contributed by atoms with Gasteiger partial charge < -0.3 is 15.4 Å². The second-order valence-corrected chi connectivity index (χ2v) is 7.43. The van der Waals surface area contributed by atoms with Crippen molar-refractivity contribution in [3.05, 3.63) is 59.0 Å². The van der Waals surface area contributed by atoms with E-state index in [0.717, 1.165) is 58.9 Å². The van der Waals surface area contributed by atoms with Gasteiger partial charge in [0.1, 0.15) is 11.5 Å². The molecule has 138 valence electrons. The van der Waals surface area contributed by atoms with Crippen LogP contribution in [0.3, 0.4) is 0 Å². The van der Waals surface area contributed by atoms with Gasteiger partial charge in [-0.3, -0.25) is 4.99 Å². The Hall–Kier alpha value is -2.86. The van der Waals surface area contributed by atoms with Gasteiger partial charge in [-0.1, -0.05) is 29.8 Å². The van der Waals surface area contributed by atoms with Crippen molar-refractivity contribution in [1.82, 2.24) is 10.3 Å². The molecule has 1 aliphatic rings. The van der Waals surface area contributed by atoms with E-state index in [2.05, 4.69) is 46.6 Å². The molecule has 0 aliphatic carbocycles. The monoisotopic (exact) mass is 378 g/mol. The van der Waals surface area contributed by atoms with E-state index in [0.29, 0.717) is 0 Å². The third-order valence-electron chi connectivity index (χ3n) is 4.31. The molecule has 0 fully saturated rings. The summed E-state index contributed by atoms with van der Waals surface area (Å²) in [6.45, 7) is 5.94. The number of benzene rings is 2. The number of aromatic nitrogens is 1. The number of aryl methyl sites for hydroxylation is 2. The summed E-state index contributed by atoms with van der Waals surface area (Å²) in [7, 11) is 0. The molecule has 2 heterocycles. The molecule has 0 saturated carbocycles. The van der Waals surface area contributed by atoms with Crippen LogP contribution in [0.2, 0.25) is 0 Å². The minimum Gasteiger partial charge on any atom is -0.457 e. The van der Waals surface area contributed by atoms with Crippen LogP contribution in [-0.4, -0.2) is 24.0 Å². The maximum Gasteiger partial charge on any atom is 0.197 e. The molecule has 6 heteroatoms. The second-order valence-electron chi connectivity index (χ2n) is 6.57. The highest BCUT2D eigenvalue weighted by Gasteiger charge is 2.10. The minimum atomic E-state index is 0.800. The zero-order valence-electron chi connectivity index (χ0n) is 15.5. The molecule has 4 rings (SSSR count). The molecule has 1 aliphatic heterocycles. The van der Waals surface area contributed by atoms with Crippen LogP contribution in [0.15, 0.2) is 52.8 Å². The van der Waals surface area contributed by atoms with Crippen LogP contribution < -0.4 is 15.4 Å². The summed E-state index contributed by atoms with van der Waals surface area (Å²) in [4.78, 5) is 9.11. The fourth-order valence-electron chi connectivity index (χ4n) is 2.94. The van der Waals surface area contributed by atoms with E-state index in [4.69, 9.17) is 4.74 Å². The van der Waals surface area contributed by atoms with Crippen LogP contribution in [0.5, 0.6) is 11.5 Å². The van der Waals surface area contributed by atoms with Gasteiger partial charge in [0.2, 0.25) is 0 Å². The SMILES string of the molecule is Cc1ccc(Oc2cccc(-c3csc(NC4=NCCCN4)n3)c2)c(C)c1. The number of hydrogen-bond acceptors (Lipinski definition) is 6. The Morgan fingerprint density at radius 3 is 2.89 bits per heavy atom. The van der Waals surface area contributed by atoms with Crippen molar-refractivity contribution >= 4 is 22.4 Å². The van der Waals surface area contributed by atoms with Crippen molar-refractivity contribution in [1.29, 1.82) is 0 Å². The van der Waals surface area contributed by atoms with Crippen molar-refractivity contribution < 1.29 is 4.74 Å². The largest absolute Gasteiger partial charge is 0.457 e. The smallest absolute Gasteiger partial charge is 0.197 e. The van der Waals surface area contributed by atoms with Crippen LogP contribution in [0.4, 0.5) is 5.13 Å². The topological polar surface area (TPSA) is 58.5 Å². The van der Waals surface area contributed by atoms with E-state index in [9.17, 15) is 0 Å². The summed E-state index contributed by atoms with van der Waals surface area (Å²) in [5.41, 5.74) is 4.31. The van der Waals surface area contributed by atoms with Gasteiger partial charge in [0, 0.05) is 24.0 Å². The zero-order valence-corrected chi connectivity index (χ0v) is 16.3. The van der Waals surface area contributed by atoms with Gasteiger partial charge in [-0.15, -0.1) is 11.3 Å². The maximum atomic E-state index is 6.09.